The van der Waals surface area contributed by atoms with Crippen molar-refractivity contribution in [3.05, 3.63) is 78.6 Å². The van der Waals surface area contributed by atoms with E-state index in [0.29, 0.717) is 39.5 Å². The SMILES string of the molecule is COc1cc(NC(=O)COc2cc(-c3ccccc3)nc3ccc(F)cc23)cc(OC)c1. The molecule has 1 aromatic heterocycles. The van der Waals surface area contributed by atoms with Crippen LogP contribution in [0.1, 0.15) is 0 Å². The van der Waals surface area contributed by atoms with E-state index in [4.69, 9.17) is 14.2 Å². The van der Waals surface area contributed by atoms with E-state index in [1.165, 1.54) is 26.4 Å². The van der Waals surface area contributed by atoms with Crippen molar-refractivity contribution >= 4 is 22.5 Å². The van der Waals surface area contributed by atoms with Crippen molar-refractivity contribution < 1.29 is 23.4 Å². The molecule has 0 aliphatic rings. The number of hydrogen-bond donors (Lipinski definition) is 1. The van der Waals surface area contributed by atoms with Gasteiger partial charge in [-0.1, -0.05) is 30.3 Å². The van der Waals surface area contributed by atoms with E-state index >= 15 is 0 Å². The van der Waals surface area contributed by atoms with E-state index in [2.05, 4.69) is 10.3 Å². The van der Waals surface area contributed by atoms with Gasteiger partial charge in [0.15, 0.2) is 6.61 Å². The maximum absolute atomic E-state index is 13.9. The maximum atomic E-state index is 13.9. The van der Waals surface area contributed by atoms with Crippen molar-refractivity contribution in [3.63, 3.8) is 0 Å². The monoisotopic (exact) mass is 432 g/mol. The molecule has 0 saturated carbocycles. The molecule has 6 nitrogen and oxygen atoms in total. The van der Waals surface area contributed by atoms with Gasteiger partial charge in [0.2, 0.25) is 0 Å². The van der Waals surface area contributed by atoms with E-state index in [0.717, 1.165) is 5.56 Å². The third kappa shape index (κ3) is 4.78. The average Bonchev–Trinajstić information content (AvgIpc) is 2.82. The highest BCUT2D eigenvalue weighted by Crippen LogP contribution is 2.31. The summed E-state index contributed by atoms with van der Waals surface area (Å²) in [5.41, 5.74) is 2.63. The van der Waals surface area contributed by atoms with Crippen LogP contribution < -0.4 is 19.5 Å². The number of nitrogens with one attached hydrogen (secondary N) is 1. The van der Waals surface area contributed by atoms with Gasteiger partial charge in [-0.15, -0.1) is 0 Å². The summed E-state index contributed by atoms with van der Waals surface area (Å²) in [4.78, 5) is 17.1. The number of rotatable bonds is 7. The zero-order valence-corrected chi connectivity index (χ0v) is 17.6. The molecule has 4 aromatic rings. The lowest BCUT2D eigenvalue weighted by molar-refractivity contribution is -0.118. The molecule has 7 heteroatoms. The fourth-order valence-electron chi connectivity index (χ4n) is 3.26. The molecule has 0 saturated heterocycles. The van der Waals surface area contributed by atoms with Crippen molar-refractivity contribution in [3.8, 4) is 28.5 Å². The van der Waals surface area contributed by atoms with Gasteiger partial charge in [-0.2, -0.15) is 0 Å². The van der Waals surface area contributed by atoms with Crippen LogP contribution in [0, 0.1) is 5.82 Å². The van der Waals surface area contributed by atoms with Crippen molar-refractivity contribution in [2.45, 2.75) is 0 Å². The largest absolute Gasteiger partial charge is 0.497 e. The van der Waals surface area contributed by atoms with Crippen LogP contribution in [0.25, 0.3) is 22.2 Å². The Morgan fingerprint density at radius 2 is 1.66 bits per heavy atom. The zero-order valence-electron chi connectivity index (χ0n) is 17.6. The van der Waals surface area contributed by atoms with Gasteiger partial charge in [0.1, 0.15) is 23.1 Å². The number of amides is 1. The highest BCUT2D eigenvalue weighted by molar-refractivity contribution is 5.93. The number of halogens is 1. The Balaban J connectivity index is 1.58. The van der Waals surface area contributed by atoms with Crippen molar-refractivity contribution in [2.75, 3.05) is 26.1 Å². The highest BCUT2D eigenvalue weighted by Gasteiger charge is 2.12. The number of anilines is 1. The Hall–Kier alpha value is -4.13. The summed E-state index contributed by atoms with van der Waals surface area (Å²) in [7, 11) is 3.06. The van der Waals surface area contributed by atoms with E-state index < -0.39 is 5.82 Å². The maximum Gasteiger partial charge on any atom is 0.262 e. The number of hydrogen-bond acceptors (Lipinski definition) is 5. The van der Waals surface area contributed by atoms with Gasteiger partial charge >= 0.3 is 0 Å². The second-order valence-electron chi connectivity index (χ2n) is 6.97. The molecule has 1 amide bonds. The molecule has 1 heterocycles. The van der Waals surface area contributed by atoms with E-state index in [1.54, 1.807) is 30.3 Å². The van der Waals surface area contributed by atoms with Gasteiger partial charge < -0.3 is 19.5 Å². The van der Waals surface area contributed by atoms with Gasteiger partial charge in [-0.05, 0) is 18.2 Å². The smallest absolute Gasteiger partial charge is 0.262 e. The number of pyridine rings is 1. The summed E-state index contributed by atoms with van der Waals surface area (Å²) in [6, 6.07) is 20.6. The molecule has 0 fully saturated rings. The lowest BCUT2D eigenvalue weighted by Gasteiger charge is -2.13. The van der Waals surface area contributed by atoms with Gasteiger partial charge in [-0.3, -0.25) is 4.79 Å². The van der Waals surface area contributed by atoms with E-state index in [-0.39, 0.29) is 12.5 Å². The number of benzene rings is 3. The van der Waals surface area contributed by atoms with Gasteiger partial charge in [0.05, 0.1) is 25.4 Å². The average molecular weight is 432 g/mol. The quantitative estimate of drug-likeness (QED) is 0.441. The molecule has 0 unspecified atom stereocenters. The minimum Gasteiger partial charge on any atom is -0.497 e. The number of methoxy groups -OCH3 is 2. The first kappa shape index (κ1) is 21.1. The second-order valence-corrected chi connectivity index (χ2v) is 6.97. The van der Waals surface area contributed by atoms with Crippen LogP contribution in [0.3, 0.4) is 0 Å². The topological polar surface area (TPSA) is 69.7 Å². The molecule has 0 spiro atoms. The molecule has 4 rings (SSSR count). The van der Waals surface area contributed by atoms with Crippen molar-refractivity contribution in [1.82, 2.24) is 4.98 Å². The molecule has 3 aromatic carbocycles. The Morgan fingerprint density at radius 1 is 0.938 bits per heavy atom. The molecular weight excluding hydrogens is 411 g/mol. The lowest BCUT2D eigenvalue weighted by atomic mass is 10.1. The number of nitrogens with zero attached hydrogens (tertiary/aromatic N) is 1. The Labute approximate surface area is 184 Å². The van der Waals surface area contributed by atoms with Crippen LogP contribution in [-0.2, 0) is 4.79 Å². The normalized spacial score (nSPS) is 10.6. The number of ether oxygens (including phenoxy) is 3. The van der Waals surface area contributed by atoms with Crippen molar-refractivity contribution in [1.29, 1.82) is 0 Å². The van der Waals surface area contributed by atoms with Gasteiger partial charge in [0, 0.05) is 40.9 Å². The van der Waals surface area contributed by atoms with Crippen LogP contribution >= 0.6 is 0 Å². The first-order chi connectivity index (χ1) is 15.6. The summed E-state index contributed by atoms with van der Waals surface area (Å²) in [6.45, 7) is -0.274. The van der Waals surface area contributed by atoms with Crippen LogP contribution in [0.5, 0.6) is 17.2 Å². The number of fused-ring (bicyclic) bond motifs is 1. The first-order valence-corrected chi connectivity index (χ1v) is 9.87. The predicted molar refractivity (Wildman–Crippen MR) is 121 cm³/mol. The van der Waals surface area contributed by atoms with Gasteiger partial charge in [0.25, 0.3) is 5.91 Å². The second kappa shape index (κ2) is 9.34. The fourth-order valence-corrected chi connectivity index (χ4v) is 3.26. The predicted octanol–water partition coefficient (Wildman–Crippen LogP) is 5.08. The summed E-state index contributed by atoms with van der Waals surface area (Å²) in [5, 5.41) is 3.24. The van der Waals surface area contributed by atoms with Crippen LogP contribution in [0.2, 0.25) is 0 Å². The molecule has 0 radical (unpaired) electrons. The van der Waals surface area contributed by atoms with Crippen molar-refractivity contribution in [2.24, 2.45) is 0 Å². The van der Waals surface area contributed by atoms with E-state index in [1.807, 2.05) is 30.3 Å². The minimum absolute atomic E-state index is 0.274. The Morgan fingerprint density at radius 3 is 2.34 bits per heavy atom. The summed E-state index contributed by atoms with van der Waals surface area (Å²) < 4.78 is 30.1. The number of carbonyl (C=O) groups excluding carboxylic acids is 1. The summed E-state index contributed by atoms with van der Waals surface area (Å²) >= 11 is 0. The molecular formula is C25H21FN2O4. The van der Waals surface area contributed by atoms with Crippen LogP contribution in [-0.4, -0.2) is 31.7 Å². The molecule has 32 heavy (non-hydrogen) atoms. The third-order valence-corrected chi connectivity index (χ3v) is 4.80. The summed E-state index contributed by atoms with van der Waals surface area (Å²) in [6.07, 6.45) is 0. The molecule has 0 aliphatic carbocycles. The lowest BCUT2D eigenvalue weighted by Crippen LogP contribution is -2.20. The fraction of sp³-hybridized carbons (Fsp3) is 0.120. The summed E-state index contributed by atoms with van der Waals surface area (Å²) in [5.74, 6) is 0.659. The third-order valence-electron chi connectivity index (χ3n) is 4.80. The minimum atomic E-state index is -0.412. The molecule has 0 atom stereocenters. The molecule has 0 aliphatic heterocycles. The number of carbonyl (C=O) groups is 1. The Kier molecular flexibility index (Phi) is 6.17. The van der Waals surface area contributed by atoms with E-state index in [9.17, 15) is 9.18 Å². The molecule has 0 bridgehead atoms. The standard InChI is InChI=1S/C25H21FN2O4/c1-30-19-11-18(12-20(13-19)31-2)27-25(29)15-32-24-14-23(16-6-4-3-5-7-16)28-22-9-8-17(26)10-21(22)24/h3-14H,15H2,1-2H3,(H,27,29). The molecule has 1 N–H and O–H groups in total. The first-order valence-electron chi connectivity index (χ1n) is 9.87. The Bertz CT molecular complexity index is 1240. The zero-order chi connectivity index (χ0) is 22.5. The van der Waals surface area contributed by atoms with Crippen LogP contribution in [0.4, 0.5) is 10.1 Å². The molecule has 162 valence electrons. The highest BCUT2D eigenvalue weighted by atomic mass is 19.1. The number of aromatic nitrogens is 1. The van der Waals surface area contributed by atoms with Crippen LogP contribution in [0.15, 0.2) is 72.8 Å². The van der Waals surface area contributed by atoms with Gasteiger partial charge in [-0.25, -0.2) is 9.37 Å².